The lowest BCUT2D eigenvalue weighted by Gasteiger charge is -2.12. The van der Waals surface area contributed by atoms with Crippen molar-refractivity contribution in [1.82, 2.24) is 4.98 Å². The van der Waals surface area contributed by atoms with Gasteiger partial charge in [0.15, 0.2) is 0 Å². The van der Waals surface area contributed by atoms with E-state index in [1.807, 2.05) is 0 Å². The van der Waals surface area contributed by atoms with Crippen LogP contribution in [-0.2, 0) is 6.18 Å². The van der Waals surface area contributed by atoms with Crippen LogP contribution in [0.15, 0.2) is 25.0 Å². The zero-order valence-electron chi connectivity index (χ0n) is 7.11. The number of hydrogen-bond donors (Lipinski definition) is 0. The third kappa shape index (κ3) is 2.35. The van der Waals surface area contributed by atoms with Gasteiger partial charge in [0.2, 0.25) is 0 Å². The van der Waals surface area contributed by atoms with Crippen molar-refractivity contribution in [3.05, 3.63) is 36.2 Å². The fourth-order valence-corrected chi connectivity index (χ4v) is 1.30. The van der Waals surface area contributed by atoms with Crippen LogP contribution in [0.1, 0.15) is 11.1 Å². The second kappa shape index (κ2) is 4.13. The first-order chi connectivity index (χ1) is 6.46. The van der Waals surface area contributed by atoms with E-state index in [2.05, 4.69) is 27.5 Å². The van der Waals surface area contributed by atoms with Crippen molar-refractivity contribution in [3.8, 4) is 0 Å². The largest absolute Gasteiger partial charge is 0.417 e. The summed E-state index contributed by atoms with van der Waals surface area (Å²) in [6, 6.07) is 0.948. The highest BCUT2D eigenvalue weighted by Crippen LogP contribution is 2.34. The number of pyridine rings is 1. The van der Waals surface area contributed by atoms with E-state index >= 15 is 0 Å². The van der Waals surface area contributed by atoms with Crippen LogP contribution in [0.2, 0.25) is 0 Å². The Hall–Kier alpha value is -0.840. The van der Waals surface area contributed by atoms with Crippen LogP contribution in [0.3, 0.4) is 0 Å². The zero-order chi connectivity index (χ0) is 10.8. The highest BCUT2D eigenvalue weighted by Gasteiger charge is 2.33. The lowest BCUT2D eigenvalue weighted by molar-refractivity contribution is -0.137. The molecule has 1 rings (SSSR count). The molecule has 0 aromatic carbocycles. The second-order valence-corrected chi connectivity index (χ2v) is 3.22. The van der Waals surface area contributed by atoms with Crippen molar-refractivity contribution in [1.29, 1.82) is 0 Å². The molecule has 1 aromatic rings. The average Bonchev–Trinajstić information content (AvgIpc) is 2.15. The Kier molecular flexibility index (Phi) is 3.31. The van der Waals surface area contributed by atoms with Gasteiger partial charge in [-0.25, -0.2) is 0 Å². The van der Waals surface area contributed by atoms with Crippen LogP contribution < -0.4 is 0 Å². The van der Waals surface area contributed by atoms with Gasteiger partial charge in [0.1, 0.15) is 0 Å². The molecule has 76 valence electrons. The molecule has 0 aliphatic carbocycles. The molecule has 0 N–H and O–H groups in total. The lowest BCUT2D eigenvalue weighted by Crippen LogP contribution is -2.09. The van der Waals surface area contributed by atoms with Gasteiger partial charge in [-0.3, -0.25) is 4.98 Å². The summed E-state index contributed by atoms with van der Waals surface area (Å²) in [6.07, 6.45) is -2.07. The van der Waals surface area contributed by atoms with Gasteiger partial charge in [-0.15, -0.1) is 0 Å². The van der Waals surface area contributed by atoms with Gasteiger partial charge >= 0.3 is 6.18 Å². The summed E-state index contributed by atoms with van der Waals surface area (Å²) in [7, 11) is 0. The molecule has 14 heavy (non-hydrogen) atoms. The molecule has 0 saturated heterocycles. The minimum Gasteiger partial charge on any atom is -0.264 e. The summed E-state index contributed by atoms with van der Waals surface area (Å²) in [5, 5.41) is 0.293. The van der Waals surface area contributed by atoms with Crippen LogP contribution in [0.4, 0.5) is 13.2 Å². The molecule has 1 aromatic heterocycles. The number of nitrogens with zero attached hydrogens (tertiary/aromatic N) is 1. The topological polar surface area (TPSA) is 12.9 Å². The Bertz CT molecular complexity index is 346. The molecule has 0 unspecified atom stereocenters. The monoisotopic (exact) mass is 265 g/mol. The maximum atomic E-state index is 12.5. The Labute approximate surface area is 87.8 Å². The van der Waals surface area contributed by atoms with Gasteiger partial charge in [-0.05, 0) is 11.6 Å². The van der Waals surface area contributed by atoms with E-state index in [1.165, 1.54) is 6.20 Å². The molecule has 1 heterocycles. The molecule has 0 fully saturated rings. The first-order valence-electron chi connectivity index (χ1n) is 3.72. The summed E-state index contributed by atoms with van der Waals surface area (Å²) in [5.41, 5.74) is -0.292. The molecule has 0 aliphatic rings. The van der Waals surface area contributed by atoms with Crippen molar-refractivity contribution < 1.29 is 13.2 Å². The van der Waals surface area contributed by atoms with Gasteiger partial charge in [-0.2, -0.15) is 13.2 Å². The third-order valence-electron chi connectivity index (χ3n) is 1.67. The van der Waals surface area contributed by atoms with Crippen molar-refractivity contribution in [2.45, 2.75) is 6.18 Å². The smallest absolute Gasteiger partial charge is 0.264 e. The summed E-state index contributed by atoms with van der Waals surface area (Å²) in [5.74, 6) is 0. The van der Waals surface area contributed by atoms with E-state index in [0.717, 1.165) is 12.3 Å². The van der Waals surface area contributed by atoms with E-state index in [4.69, 9.17) is 0 Å². The minimum absolute atomic E-state index is 0.0388. The Balaban J connectivity index is 3.23. The molecular weight excluding hydrogens is 259 g/mol. The highest BCUT2D eigenvalue weighted by atomic mass is 79.9. The predicted molar refractivity (Wildman–Crippen MR) is 52.1 cm³/mol. The third-order valence-corrected chi connectivity index (χ3v) is 2.35. The summed E-state index contributed by atoms with van der Waals surface area (Å²) >= 11 is 3.06. The fourth-order valence-electron chi connectivity index (χ4n) is 0.995. The number of rotatable bonds is 2. The van der Waals surface area contributed by atoms with E-state index in [0.29, 0.717) is 10.9 Å². The SMILES string of the molecule is C=C(CBr)c1cnccc1C(F)(F)F. The highest BCUT2D eigenvalue weighted by molar-refractivity contribution is 9.09. The van der Waals surface area contributed by atoms with Crippen molar-refractivity contribution in [2.75, 3.05) is 5.33 Å². The van der Waals surface area contributed by atoms with Gasteiger partial charge in [0.25, 0.3) is 0 Å². The van der Waals surface area contributed by atoms with E-state index < -0.39 is 11.7 Å². The molecule has 0 atom stereocenters. The Morgan fingerprint density at radius 3 is 2.64 bits per heavy atom. The number of alkyl halides is 4. The van der Waals surface area contributed by atoms with Crippen LogP contribution in [-0.4, -0.2) is 10.3 Å². The van der Waals surface area contributed by atoms with Gasteiger partial charge < -0.3 is 0 Å². The van der Waals surface area contributed by atoms with Crippen molar-refractivity contribution >= 4 is 21.5 Å². The number of hydrogen-bond acceptors (Lipinski definition) is 1. The number of halogens is 4. The van der Waals surface area contributed by atoms with Gasteiger partial charge in [0.05, 0.1) is 5.56 Å². The first-order valence-corrected chi connectivity index (χ1v) is 4.84. The summed E-state index contributed by atoms with van der Waals surface area (Å²) in [6.45, 7) is 3.53. The fraction of sp³-hybridized carbons (Fsp3) is 0.222. The standard InChI is InChI=1S/C9H7BrF3N/c1-6(4-10)7-5-14-3-2-8(7)9(11,12)13/h2-3,5H,1,4H2. The molecule has 1 nitrogen and oxygen atoms in total. The maximum Gasteiger partial charge on any atom is 0.417 e. The van der Waals surface area contributed by atoms with E-state index in [-0.39, 0.29) is 5.56 Å². The molecule has 0 radical (unpaired) electrons. The van der Waals surface area contributed by atoms with Gasteiger partial charge in [-0.1, -0.05) is 22.5 Å². The maximum absolute atomic E-state index is 12.5. The molecule has 0 amide bonds. The van der Waals surface area contributed by atoms with Crippen molar-refractivity contribution in [3.63, 3.8) is 0 Å². The lowest BCUT2D eigenvalue weighted by atomic mass is 10.0. The van der Waals surface area contributed by atoms with Crippen LogP contribution in [0.5, 0.6) is 0 Å². The van der Waals surface area contributed by atoms with Crippen LogP contribution in [0, 0.1) is 0 Å². The number of allylic oxidation sites excluding steroid dienone is 1. The summed E-state index contributed by atoms with van der Waals surface area (Å²) in [4.78, 5) is 3.65. The molecule has 0 aliphatic heterocycles. The van der Waals surface area contributed by atoms with Crippen LogP contribution in [0.25, 0.3) is 5.57 Å². The quantitative estimate of drug-likeness (QED) is 0.746. The van der Waals surface area contributed by atoms with E-state index in [9.17, 15) is 13.2 Å². The molecule has 0 bridgehead atoms. The van der Waals surface area contributed by atoms with Crippen LogP contribution >= 0.6 is 15.9 Å². The minimum atomic E-state index is -4.36. The Morgan fingerprint density at radius 1 is 1.50 bits per heavy atom. The predicted octanol–water partition coefficient (Wildman–Crippen LogP) is 3.51. The average molecular weight is 266 g/mol. The normalized spacial score (nSPS) is 11.4. The van der Waals surface area contributed by atoms with Gasteiger partial charge in [0, 0.05) is 23.3 Å². The van der Waals surface area contributed by atoms with E-state index in [1.54, 1.807) is 0 Å². The first kappa shape index (κ1) is 11.2. The molecule has 5 heteroatoms. The molecular formula is C9H7BrF3N. The zero-order valence-corrected chi connectivity index (χ0v) is 8.69. The molecule has 0 saturated carbocycles. The Morgan fingerprint density at radius 2 is 2.14 bits per heavy atom. The summed E-state index contributed by atoms with van der Waals surface area (Å²) < 4.78 is 37.4. The van der Waals surface area contributed by atoms with Crippen molar-refractivity contribution in [2.24, 2.45) is 0 Å². The molecule has 0 spiro atoms. The number of aromatic nitrogens is 1. The second-order valence-electron chi connectivity index (χ2n) is 2.66.